The van der Waals surface area contributed by atoms with Crippen molar-refractivity contribution in [3.8, 4) is 0 Å². The van der Waals surface area contributed by atoms with Gasteiger partial charge in [-0.05, 0) is 25.5 Å². The Morgan fingerprint density at radius 2 is 1.82 bits per heavy atom. The molecule has 0 spiro atoms. The zero-order valence-electron chi connectivity index (χ0n) is 12.8. The van der Waals surface area contributed by atoms with Crippen molar-refractivity contribution in [1.29, 1.82) is 0 Å². The molecule has 2 rings (SSSR count). The molecule has 1 heterocycles. The molecular formula is C16H22FN3O2. The first-order valence-corrected chi connectivity index (χ1v) is 7.56. The average Bonchev–Trinajstić information content (AvgIpc) is 2.72. The third kappa shape index (κ3) is 4.04. The Morgan fingerprint density at radius 3 is 2.50 bits per heavy atom. The van der Waals surface area contributed by atoms with Crippen LogP contribution in [0.4, 0.5) is 4.39 Å². The van der Waals surface area contributed by atoms with Crippen molar-refractivity contribution in [2.45, 2.75) is 25.8 Å². The van der Waals surface area contributed by atoms with Crippen LogP contribution < -0.4 is 5.73 Å². The normalized spacial score (nSPS) is 17.0. The third-order valence-electron chi connectivity index (χ3n) is 3.74. The molecule has 1 aromatic rings. The van der Waals surface area contributed by atoms with Gasteiger partial charge in [-0.3, -0.25) is 9.59 Å². The lowest BCUT2D eigenvalue weighted by Gasteiger charge is -2.23. The minimum Gasteiger partial charge on any atom is -0.341 e. The van der Waals surface area contributed by atoms with Crippen molar-refractivity contribution in [1.82, 2.24) is 9.80 Å². The molecule has 1 aliphatic rings. The molecule has 1 aromatic carbocycles. The van der Waals surface area contributed by atoms with Crippen LogP contribution in [0.1, 0.15) is 30.1 Å². The lowest BCUT2D eigenvalue weighted by molar-refractivity contribution is -0.131. The summed E-state index contributed by atoms with van der Waals surface area (Å²) in [7, 11) is 0. The van der Waals surface area contributed by atoms with E-state index in [4.69, 9.17) is 5.73 Å². The van der Waals surface area contributed by atoms with Gasteiger partial charge >= 0.3 is 0 Å². The van der Waals surface area contributed by atoms with Crippen LogP contribution in [-0.4, -0.2) is 53.8 Å². The van der Waals surface area contributed by atoms with Crippen LogP contribution in [0, 0.1) is 5.82 Å². The van der Waals surface area contributed by atoms with Crippen LogP contribution in [0.2, 0.25) is 0 Å². The van der Waals surface area contributed by atoms with Gasteiger partial charge in [-0.2, -0.15) is 0 Å². The predicted molar refractivity (Wildman–Crippen MR) is 81.8 cm³/mol. The number of hydrogen-bond acceptors (Lipinski definition) is 3. The molecule has 0 bridgehead atoms. The first kappa shape index (κ1) is 16.4. The van der Waals surface area contributed by atoms with Crippen LogP contribution in [0.3, 0.4) is 0 Å². The lowest BCUT2D eigenvalue weighted by Crippen LogP contribution is -2.39. The van der Waals surface area contributed by atoms with Crippen molar-refractivity contribution >= 4 is 11.8 Å². The molecule has 0 aromatic heterocycles. The SMILES string of the molecule is CC(N)CC(=O)N1CCCN(C(=O)c2ccccc2F)CC1. The molecule has 22 heavy (non-hydrogen) atoms. The van der Waals surface area contributed by atoms with E-state index >= 15 is 0 Å². The van der Waals surface area contributed by atoms with E-state index in [9.17, 15) is 14.0 Å². The summed E-state index contributed by atoms with van der Waals surface area (Å²) in [6.07, 6.45) is 0.992. The summed E-state index contributed by atoms with van der Waals surface area (Å²) in [5.41, 5.74) is 5.73. The van der Waals surface area contributed by atoms with Crippen molar-refractivity contribution in [2.75, 3.05) is 26.2 Å². The number of halogens is 1. The van der Waals surface area contributed by atoms with E-state index in [-0.39, 0.29) is 23.4 Å². The molecule has 0 saturated carbocycles. The van der Waals surface area contributed by atoms with E-state index in [1.807, 2.05) is 0 Å². The molecule has 0 radical (unpaired) electrons. The Kier molecular flexibility index (Phi) is 5.49. The lowest BCUT2D eigenvalue weighted by atomic mass is 10.2. The standard InChI is InChI=1S/C16H22FN3O2/c1-12(18)11-15(21)19-7-4-8-20(10-9-19)16(22)13-5-2-3-6-14(13)17/h2-3,5-6,12H,4,7-11,18H2,1H3. The monoisotopic (exact) mass is 307 g/mol. The van der Waals surface area contributed by atoms with Crippen molar-refractivity contribution in [2.24, 2.45) is 5.73 Å². The van der Waals surface area contributed by atoms with Gasteiger partial charge < -0.3 is 15.5 Å². The second kappa shape index (κ2) is 7.35. The fraction of sp³-hybridized carbons (Fsp3) is 0.500. The van der Waals surface area contributed by atoms with Gasteiger partial charge in [0, 0.05) is 38.6 Å². The fourth-order valence-corrected chi connectivity index (χ4v) is 2.58. The summed E-state index contributed by atoms with van der Waals surface area (Å²) in [6.45, 7) is 3.80. The first-order valence-electron chi connectivity index (χ1n) is 7.56. The van der Waals surface area contributed by atoms with Crippen molar-refractivity contribution < 1.29 is 14.0 Å². The van der Waals surface area contributed by atoms with Gasteiger partial charge in [0.1, 0.15) is 5.82 Å². The van der Waals surface area contributed by atoms with Gasteiger partial charge in [-0.25, -0.2) is 4.39 Å². The number of nitrogens with two attached hydrogens (primary N) is 1. The Morgan fingerprint density at radius 1 is 1.18 bits per heavy atom. The number of carbonyl (C=O) groups excluding carboxylic acids is 2. The van der Waals surface area contributed by atoms with Crippen molar-refractivity contribution in [3.63, 3.8) is 0 Å². The highest BCUT2D eigenvalue weighted by Gasteiger charge is 2.24. The molecule has 1 unspecified atom stereocenters. The zero-order chi connectivity index (χ0) is 16.1. The highest BCUT2D eigenvalue weighted by atomic mass is 19.1. The summed E-state index contributed by atoms with van der Waals surface area (Å²) in [5.74, 6) is -0.823. The quantitative estimate of drug-likeness (QED) is 0.913. The second-order valence-electron chi connectivity index (χ2n) is 5.69. The number of hydrogen-bond donors (Lipinski definition) is 1. The maximum atomic E-state index is 13.7. The molecule has 0 aliphatic carbocycles. The van der Waals surface area contributed by atoms with E-state index in [2.05, 4.69) is 0 Å². The molecule has 6 heteroatoms. The number of carbonyl (C=O) groups is 2. The summed E-state index contributed by atoms with van der Waals surface area (Å²) in [6, 6.07) is 5.80. The van der Waals surface area contributed by atoms with Crippen molar-refractivity contribution in [3.05, 3.63) is 35.6 Å². The fourth-order valence-electron chi connectivity index (χ4n) is 2.58. The van der Waals surface area contributed by atoms with Crippen LogP contribution in [0.25, 0.3) is 0 Å². The van der Waals surface area contributed by atoms with E-state index < -0.39 is 5.82 Å². The minimum absolute atomic E-state index is 0.00944. The molecule has 1 saturated heterocycles. The Hall–Kier alpha value is -1.95. The van der Waals surface area contributed by atoms with E-state index in [0.717, 1.165) is 0 Å². The number of benzene rings is 1. The average molecular weight is 307 g/mol. The maximum Gasteiger partial charge on any atom is 0.256 e. The Labute approximate surface area is 129 Å². The summed E-state index contributed by atoms with van der Waals surface area (Å²) < 4.78 is 13.7. The summed E-state index contributed by atoms with van der Waals surface area (Å²) in [5, 5.41) is 0. The van der Waals surface area contributed by atoms with E-state index in [0.29, 0.717) is 39.0 Å². The highest BCUT2D eigenvalue weighted by molar-refractivity contribution is 5.94. The van der Waals surface area contributed by atoms with Gasteiger partial charge in [0.25, 0.3) is 5.91 Å². The summed E-state index contributed by atoms with van der Waals surface area (Å²) >= 11 is 0. The van der Waals surface area contributed by atoms with Crippen LogP contribution in [-0.2, 0) is 4.79 Å². The topological polar surface area (TPSA) is 66.6 Å². The highest BCUT2D eigenvalue weighted by Crippen LogP contribution is 2.13. The molecule has 1 fully saturated rings. The minimum atomic E-state index is -0.512. The predicted octanol–water partition coefficient (Wildman–Crippen LogP) is 1.24. The molecule has 1 aliphatic heterocycles. The van der Waals surface area contributed by atoms with E-state index in [1.165, 1.54) is 12.1 Å². The van der Waals surface area contributed by atoms with Crippen LogP contribution in [0.5, 0.6) is 0 Å². The first-order chi connectivity index (χ1) is 10.5. The molecule has 2 amide bonds. The molecule has 120 valence electrons. The number of rotatable bonds is 3. The summed E-state index contributed by atoms with van der Waals surface area (Å²) in [4.78, 5) is 27.8. The molecule has 1 atom stereocenters. The third-order valence-corrected chi connectivity index (χ3v) is 3.74. The second-order valence-corrected chi connectivity index (χ2v) is 5.69. The van der Waals surface area contributed by atoms with Gasteiger partial charge in [0.05, 0.1) is 5.56 Å². The number of nitrogens with zero attached hydrogens (tertiary/aromatic N) is 2. The zero-order valence-corrected chi connectivity index (χ0v) is 12.8. The van der Waals surface area contributed by atoms with Crippen LogP contribution >= 0.6 is 0 Å². The molecule has 2 N–H and O–H groups in total. The number of amides is 2. The Bertz CT molecular complexity index is 548. The van der Waals surface area contributed by atoms with Crippen LogP contribution in [0.15, 0.2) is 24.3 Å². The molecular weight excluding hydrogens is 285 g/mol. The van der Waals surface area contributed by atoms with Gasteiger partial charge in [-0.1, -0.05) is 12.1 Å². The van der Waals surface area contributed by atoms with Gasteiger partial charge in [-0.15, -0.1) is 0 Å². The van der Waals surface area contributed by atoms with Gasteiger partial charge in [0.2, 0.25) is 5.91 Å². The smallest absolute Gasteiger partial charge is 0.256 e. The van der Waals surface area contributed by atoms with Gasteiger partial charge in [0.15, 0.2) is 0 Å². The molecule has 5 nitrogen and oxygen atoms in total. The maximum absolute atomic E-state index is 13.7. The van der Waals surface area contributed by atoms with E-state index in [1.54, 1.807) is 28.9 Å². The Balaban J connectivity index is 2.00. The largest absolute Gasteiger partial charge is 0.341 e.